The number of benzene rings is 2. The smallest absolute Gasteiger partial charge is 0.251 e. The number of hydrogen-bond donors (Lipinski definition) is 1. The molecule has 2 aromatic rings. The number of nitrogens with one attached hydrogen (secondary N) is 1. The summed E-state index contributed by atoms with van der Waals surface area (Å²) in [5.74, 6) is 1.75. The Morgan fingerprint density at radius 3 is 2.35 bits per heavy atom. The molecule has 1 N–H and O–H groups in total. The van der Waals surface area contributed by atoms with Crippen molar-refractivity contribution < 1.29 is 22.7 Å². The van der Waals surface area contributed by atoms with Gasteiger partial charge < -0.3 is 14.8 Å². The Balaban J connectivity index is 1.53. The fourth-order valence-electron chi connectivity index (χ4n) is 3.86. The summed E-state index contributed by atoms with van der Waals surface area (Å²) >= 11 is 0. The van der Waals surface area contributed by atoms with Gasteiger partial charge in [-0.3, -0.25) is 4.79 Å². The SMILES string of the molecule is COc1cccc(OCCNC(=O)c2ccc(S(=O)(=O)N3CC(C)CC(C)C3)cc2)c1. The first kappa shape index (κ1) is 23.1. The molecule has 1 fully saturated rings. The number of nitrogens with zero attached hydrogens (tertiary/aromatic N) is 1. The van der Waals surface area contributed by atoms with E-state index in [1.165, 1.54) is 12.1 Å². The molecule has 2 atom stereocenters. The van der Waals surface area contributed by atoms with Crippen LogP contribution in [0.2, 0.25) is 0 Å². The molecule has 0 spiro atoms. The highest BCUT2D eigenvalue weighted by molar-refractivity contribution is 7.89. The number of hydrogen-bond acceptors (Lipinski definition) is 5. The lowest BCUT2D eigenvalue weighted by atomic mass is 9.94. The molecule has 3 rings (SSSR count). The first-order valence-electron chi connectivity index (χ1n) is 10.4. The van der Waals surface area contributed by atoms with E-state index in [1.54, 1.807) is 29.6 Å². The number of carbonyl (C=O) groups excluding carboxylic acids is 1. The largest absolute Gasteiger partial charge is 0.497 e. The van der Waals surface area contributed by atoms with Crippen LogP contribution in [0.4, 0.5) is 0 Å². The van der Waals surface area contributed by atoms with Crippen molar-refractivity contribution in [1.29, 1.82) is 0 Å². The molecule has 2 unspecified atom stereocenters. The Labute approximate surface area is 184 Å². The van der Waals surface area contributed by atoms with Crippen LogP contribution in [0.5, 0.6) is 11.5 Å². The highest BCUT2D eigenvalue weighted by Crippen LogP contribution is 2.26. The summed E-state index contributed by atoms with van der Waals surface area (Å²) in [6, 6.07) is 13.3. The molecule has 1 aliphatic rings. The lowest BCUT2D eigenvalue weighted by Crippen LogP contribution is -2.42. The molecule has 31 heavy (non-hydrogen) atoms. The Hall–Kier alpha value is -2.58. The summed E-state index contributed by atoms with van der Waals surface area (Å²) in [4.78, 5) is 12.6. The van der Waals surface area contributed by atoms with Crippen LogP contribution in [0.1, 0.15) is 30.6 Å². The highest BCUT2D eigenvalue weighted by Gasteiger charge is 2.31. The zero-order valence-electron chi connectivity index (χ0n) is 18.2. The molecule has 1 heterocycles. The zero-order chi connectivity index (χ0) is 22.4. The molecule has 1 amide bonds. The van der Waals surface area contributed by atoms with Crippen LogP contribution in [0.3, 0.4) is 0 Å². The van der Waals surface area contributed by atoms with Gasteiger partial charge in [0.15, 0.2) is 0 Å². The van der Waals surface area contributed by atoms with Crippen molar-refractivity contribution in [3.8, 4) is 11.5 Å². The van der Waals surface area contributed by atoms with Gasteiger partial charge in [-0.15, -0.1) is 0 Å². The Morgan fingerprint density at radius 2 is 1.71 bits per heavy atom. The number of ether oxygens (including phenoxy) is 2. The molecule has 2 aromatic carbocycles. The molecule has 168 valence electrons. The Bertz CT molecular complexity index is 981. The van der Waals surface area contributed by atoms with Gasteiger partial charge >= 0.3 is 0 Å². The van der Waals surface area contributed by atoms with Crippen molar-refractivity contribution in [2.45, 2.75) is 25.2 Å². The van der Waals surface area contributed by atoms with Crippen molar-refractivity contribution >= 4 is 15.9 Å². The van der Waals surface area contributed by atoms with Crippen LogP contribution in [-0.2, 0) is 10.0 Å². The number of rotatable bonds is 8. The summed E-state index contributed by atoms with van der Waals surface area (Å²) < 4.78 is 38.2. The third kappa shape index (κ3) is 5.98. The number of carbonyl (C=O) groups is 1. The molecule has 8 heteroatoms. The number of sulfonamides is 1. The standard InChI is InChI=1S/C23H30N2O5S/c1-17-13-18(2)16-25(15-17)31(27,28)22-9-7-19(8-10-22)23(26)24-11-12-30-21-6-4-5-20(14-21)29-3/h4-10,14,17-18H,11-13,15-16H2,1-3H3,(H,24,26). The predicted molar refractivity (Wildman–Crippen MR) is 119 cm³/mol. The fourth-order valence-corrected chi connectivity index (χ4v) is 5.54. The van der Waals surface area contributed by atoms with Crippen LogP contribution in [0.25, 0.3) is 0 Å². The summed E-state index contributed by atoms with van der Waals surface area (Å²) in [6.07, 6.45) is 1.03. The van der Waals surface area contributed by atoms with Gasteiger partial charge in [-0.25, -0.2) is 8.42 Å². The van der Waals surface area contributed by atoms with Crippen molar-refractivity contribution in [1.82, 2.24) is 9.62 Å². The van der Waals surface area contributed by atoms with Gasteiger partial charge in [-0.2, -0.15) is 4.31 Å². The maximum atomic E-state index is 13.0. The van der Waals surface area contributed by atoms with Gasteiger partial charge in [0.2, 0.25) is 10.0 Å². The van der Waals surface area contributed by atoms with E-state index in [-0.39, 0.29) is 10.8 Å². The quantitative estimate of drug-likeness (QED) is 0.630. The maximum absolute atomic E-state index is 13.0. The average Bonchev–Trinajstić information content (AvgIpc) is 2.76. The van der Waals surface area contributed by atoms with Crippen molar-refractivity contribution in [2.75, 3.05) is 33.4 Å². The van der Waals surface area contributed by atoms with Gasteiger partial charge in [0.1, 0.15) is 18.1 Å². The summed E-state index contributed by atoms with van der Waals surface area (Å²) in [5.41, 5.74) is 0.403. The van der Waals surface area contributed by atoms with Gasteiger partial charge in [-0.05, 0) is 54.7 Å². The van der Waals surface area contributed by atoms with E-state index in [1.807, 2.05) is 18.2 Å². The maximum Gasteiger partial charge on any atom is 0.251 e. The molecule has 1 aliphatic heterocycles. The van der Waals surface area contributed by atoms with Crippen molar-refractivity contribution in [2.24, 2.45) is 11.8 Å². The number of piperidine rings is 1. The minimum atomic E-state index is -3.56. The molecular weight excluding hydrogens is 416 g/mol. The van der Waals surface area contributed by atoms with E-state index in [2.05, 4.69) is 19.2 Å². The highest BCUT2D eigenvalue weighted by atomic mass is 32.2. The molecule has 0 bridgehead atoms. The monoisotopic (exact) mass is 446 g/mol. The van der Waals surface area contributed by atoms with Gasteiger partial charge in [0.25, 0.3) is 5.91 Å². The fraction of sp³-hybridized carbons (Fsp3) is 0.435. The summed E-state index contributed by atoms with van der Waals surface area (Å²) in [7, 11) is -1.97. The van der Waals surface area contributed by atoms with Crippen LogP contribution in [0, 0.1) is 11.8 Å². The third-order valence-electron chi connectivity index (χ3n) is 5.29. The van der Waals surface area contributed by atoms with Crippen LogP contribution in [0.15, 0.2) is 53.4 Å². The topological polar surface area (TPSA) is 84.9 Å². The summed E-state index contributed by atoms with van der Waals surface area (Å²) in [5, 5.41) is 2.78. The molecule has 7 nitrogen and oxygen atoms in total. The number of amides is 1. The van der Waals surface area contributed by atoms with Gasteiger partial charge in [0, 0.05) is 24.7 Å². The normalized spacial score (nSPS) is 19.6. The van der Waals surface area contributed by atoms with E-state index in [0.29, 0.717) is 55.1 Å². The van der Waals surface area contributed by atoms with Crippen LogP contribution in [-0.4, -0.2) is 52.0 Å². The minimum absolute atomic E-state index is 0.215. The second-order valence-electron chi connectivity index (χ2n) is 8.08. The van der Waals surface area contributed by atoms with Gasteiger partial charge in [0.05, 0.1) is 18.6 Å². The predicted octanol–water partition coefficient (Wildman–Crippen LogP) is 3.17. The lowest BCUT2D eigenvalue weighted by Gasteiger charge is -2.34. The first-order valence-corrected chi connectivity index (χ1v) is 11.9. The van der Waals surface area contributed by atoms with E-state index < -0.39 is 10.0 Å². The average molecular weight is 447 g/mol. The molecule has 0 radical (unpaired) electrons. The van der Waals surface area contributed by atoms with E-state index in [0.717, 1.165) is 6.42 Å². The molecule has 0 aromatic heterocycles. The second-order valence-corrected chi connectivity index (χ2v) is 10.0. The van der Waals surface area contributed by atoms with Crippen LogP contribution >= 0.6 is 0 Å². The van der Waals surface area contributed by atoms with Crippen molar-refractivity contribution in [3.63, 3.8) is 0 Å². The van der Waals surface area contributed by atoms with E-state index in [4.69, 9.17) is 9.47 Å². The van der Waals surface area contributed by atoms with E-state index >= 15 is 0 Å². The third-order valence-corrected chi connectivity index (χ3v) is 7.13. The lowest BCUT2D eigenvalue weighted by molar-refractivity contribution is 0.0947. The van der Waals surface area contributed by atoms with E-state index in [9.17, 15) is 13.2 Å². The Kier molecular flexibility index (Phi) is 7.56. The molecule has 1 saturated heterocycles. The van der Waals surface area contributed by atoms with Crippen LogP contribution < -0.4 is 14.8 Å². The Morgan fingerprint density at radius 1 is 1.06 bits per heavy atom. The zero-order valence-corrected chi connectivity index (χ0v) is 19.0. The second kappa shape index (κ2) is 10.2. The minimum Gasteiger partial charge on any atom is -0.497 e. The number of methoxy groups -OCH3 is 1. The van der Waals surface area contributed by atoms with Gasteiger partial charge in [-0.1, -0.05) is 19.9 Å². The molecule has 0 aliphatic carbocycles. The summed E-state index contributed by atoms with van der Waals surface area (Å²) in [6.45, 7) is 5.83. The first-order chi connectivity index (χ1) is 14.8. The molecule has 0 saturated carbocycles. The molecular formula is C23H30N2O5S. The van der Waals surface area contributed by atoms with Crippen molar-refractivity contribution in [3.05, 3.63) is 54.1 Å².